The highest BCUT2D eigenvalue weighted by Crippen LogP contribution is 2.35. The Morgan fingerprint density at radius 3 is 2.79 bits per heavy atom. The molecule has 0 bridgehead atoms. The first kappa shape index (κ1) is 18.9. The Labute approximate surface area is 169 Å². The first-order valence-electron chi connectivity index (χ1n) is 9.80. The number of hydrogen-bond acceptors (Lipinski definition) is 5. The van der Waals surface area contributed by atoms with Crippen LogP contribution in [0.25, 0.3) is 22.0 Å². The van der Waals surface area contributed by atoms with E-state index in [4.69, 9.17) is 0 Å². The third-order valence-corrected chi connectivity index (χ3v) is 5.34. The quantitative estimate of drug-likeness (QED) is 0.663. The minimum absolute atomic E-state index is 0.0439. The summed E-state index contributed by atoms with van der Waals surface area (Å²) in [6, 6.07) is 13.5. The van der Waals surface area contributed by atoms with Crippen molar-refractivity contribution >= 4 is 22.5 Å². The SMILES string of the molecule is C=CC(=O)N1CCC[C@@H](Nc2nnc(-c3ccc(C)cc3O)c3ccccc23)C1. The Bertz CT molecular complexity index is 1080. The van der Waals surface area contributed by atoms with Crippen molar-refractivity contribution in [3.05, 3.63) is 60.7 Å². The van der Waals surface area contributed by atoms with Crippen molar-refractivity contribution in [2.45, 2.75) is 25.8 Å². The van der Waals surface area contributed by atoms with Crippen molar-refractivity contribution in [3.8, 4) is 17.0 Å². The number of rotatable bonds is 4. The minimum atomic E-state index is -0.0439. The van der Waals surface area contributed by atoms with Gasteiger partial charge in [0.1, 0.15) is 11.4 Å². The summed E-state index contributed by atoms with van der Waals surface area (Å²) >= 11 is 0. The number of aryl methyl sites for hydroxylation is 1. The third kappa shape index (κ3) is 3.78. The van der Waals surface area contributed by atoms with Crippen LogP contribution in [0.15, 0.2) is 55.1 Å². The summed E-state index contributed by atoms with van der Waals surface area (Å²) in [6.07, 6.45) is 3.25. The number of phenols is 1. The van der Waals surface area contributed by atoms with Gasteiger partial charge in [0.25, 0.3) is 0 Å². The maximum atomic E-state index is 12.0. The van der Waals surface area contributed by atoms with Gasteiger partial charge < -0.3 is 15.3 Å². The molecule has 2 N–H and O–H groups in total. The van der Waals surface area contributed by atoms with Gasteiger partial charge >= 0.3 is 0 Å². The lowest BCUT2D eigenvalue weighted by Gasteiger charge is -2.33. The fraction of sp³-hybridized carbons (Fsp3) is 0.261. The van der Waals surface area contributed by atoms with Crippen LogP contribution in [0.5, 0.6) is 5.75 Å². The van der Waals surface area contributed by atoms with Crippen LogP contribution in [0.1, 0.15) is 18.4 Å². The number of anilines is 1. The van der Waals surface area contributed by atoms with E-state index in [0.717, 1.165) is 35.7 Å². The molecule has 0 spiro atoms. The molecule has 148 valence electrons. The normalized spacial score (nSPS) is 16.6. The fourth-order valence-electron chi connectivity index (χ4n) is 3.87. The van der Waals surface area contributed by atoms with Crippen molar-refractivity contribution in [2.24, 2.45) is 0 Å². The van der Waals surface area contributed by atoms with Gasteiger partial charge in [-0.05, 0) is 43.5 Å². The number of piperidine rings is 1. The van der Waals surface area contributed by atoms with Gasteiger partial charge in [-0.3, -0.25) is 4.79 Å². The summed E-state index contributed by atoms with van der Waals surface area (Å²) in [6.45, 7) is 6.88. The Morgan fingerprint density at radius 1 is 1.24 bits per heavy atom. The number of aromatic nitrogens is 2. The molecule has 29 heavy (non-hydrogen) atoms. The van der Waals surface area contributed by atoms with Crippen LogP contribution in [0.2, 0.25) is 0 Å². The zero-order valence-electron chi connectivity index (χ0n) is 16.4. The molecule has 0 radical (unpaired) electrons. The highest BCUT2D eigenvalue weighted by Gasteiger charge is 2.23. The van der Waals surface area contributed by atoms with Crippen LogP contribution in [0, 0.1) is 6.92 Å². The molecule has 1 atom stereocenters. The van der Waals surface area contributed by atoms with Gasteiger partial charge in [-0.2, -0.15) is 0 Å². The van der Waals surface area contributed by atoms with Gasteiger partial charge in [0.2, 0.25) is 5.91 Å². The number of aromatic hydroxyl groups is 1. The Hall–Kier alpha value is -3.41. The number of carbonyl (C=O) groups excluding carboxylic acids is 1. The van der Waals surface area contributed by atoms with E-state index >= 15 is 0 Å². The molecule has 4 rings (SSSR count). The molecule has 3 aromatic rings. The van der Waals surface area contributed by atoms with Crippen molar-refractivity contribution in [2.75, 3.05) is 18.4 Å². The number of phenolic OH excluding ortho intramolecular Hbond substituents is 1. The number of carbonyl (C=O) groups is 1. The molecule has 0 saturated carbocycles. The van der Waals surface area contributed by atoms with E-state index in [0.29, 0.717) is 23.6 Å². The van der Waals surface area contributed by atoms with E-state index in [1.807, 2.05) is 48.2 Å². The zero-order valence-corrected chi connectivity index (χ0v) is 16.4. The maximum Gasteiger partial charge on any atom is 0.246 e. The number of amides is 1. The van der Waals surface area contributed by atoms with Gasteiger partial charge in [0, 0.05) is 35.5 Å². The molecule has 1 aliphatic heterocycles. The average molecular weight is 388 g/mol. The smallest absolute Gasteiger partial charge is 0.246 e. The lowest BCUT2D eigenvalue weighted by molar-refractivity contribution is -0.127. The third-order valence-electron chi connectivity index (χ3n) is 5.34. The lowest BCUT2D eigenvalue weighted by Crippen LogP contribution is -2.44. The average Bonchev–Trinajstić information content (AvgIpc) is 2.74. The van der Waals surface area contributed by atoms with E-state index < -0.39 is 0 Å². The highest BCUT2D eigenvalue weighted by atomic mass is 16.3. The van der Waals surface area contributed by atoms with Crippen LogP contribution in [-0.4, -0.2) is 45.2 Å². The van der Waals surface area contributed by atoms with Crippen LogP contribution >= 0.6 is 0 Å². The van der Waals surface area contributed by atoms with Gasteiger partial charge in [0.15, 0.2) is 5.82 Å². The van der Waals surface area contributed by atoms with Crippen LogP contribution in [0.3, 0.4) is 0 Å². The molecule has 1 fully saturated rings. The maximum absolute atomic E-state index is 12.0. The second-order valence-electron chi connectivity index (χ2n) is 7.44. The number of nitrogens with one attached hydrogen (secondary N) is 1. The Balaban J connectivity index is 1.69. The van der Waals surface area contributed by atoms with Crippen LogP contribution in [0.4, 0.5) is 5.82 Å². The van der Waals surface area contributed by atoms with E-state index in [2.05, 4.69) is 22.1 Å². The lowest BCUT2D eigenvalue weighted by atomic mass is 10.0. The number of hydrogen-bond donors (Lipinski definition) is 2. The van der Waals surface area contributed by atoms with Crippen LogP contribution in [-0.2, 0) is 4.79 Å². The molecular formula is C23H24N4O2. The summed E-state index contributed by atoms with van der Waals surface area (Å²) in [5.41, 5.74) is 2.29. The largest absolute Gasteiger partial charge is 0.507 e. The fourth-order valence-corrected chi connectivity index (χ4v) is 3.87. The Kier molecular flexibility index (Phi) is 5.16. The molecule has 6 nitrogen and oxygen atoms in total. The van der Waals surface area contributed by atoms with E-state index in [1.54, 1.807) is 6.07 Å². The number of fused-ring (bicyclic) bond motifs is 1. The van der Waals surface area contributed by atoms with Crippen molar-refractivity contribution in [1.82, 2.24) is 15.1 Å². The molecule has 6 heteroatoms. The van der Waals surface area contributed by atoms with E-state index in [1.165, 1.54) is 6.08 Å². The standard InChI is InChI=1S/C23H24N4O2/c1-3-21(29)27-12-6-7-16(14-27)24-23-18-9-5-4-8-17(18)22(25-26-23)19-11-10-15(2)13-20(19)28/h3-5,8-11,13,16,28H,1,6-7,12,14H2,2H3,(H,24,26)/t16-/m1/s1. The molecule has 1 aliphatic rings. The molecule has 1 amide bonds. The van der Waals surface area contributed by atoms with Gasteiger partial charge in [0.05, 0.1) is 0 Å². The number of nitrogens with zero attached hydrogens (tertiary/aromatic N) is 3. The summed E-state index contributed by atoms with van der Waals surface area (Å²) in [5, 5.41) is 24.6. The second-order valence-corrected chi connectivity index (χ2v) is 7.44. The predicted octanol–water partition coefficient (Wildman–Crippen LogP) is 3.90. The highest BCUT2D eigenvalue weighted by molar-refractivity contribution is 6.01. The summed E-state index contributed by atoms with van der Waals surface area (Å²) in [4.78, 5) is 13.8. The first-order valence-corrected chi connectivity index (χ1v) is 9.80. The zero-order chi connectivity index (χ0) is 20.4. The number of benzene rings is 2. The summed E-state index contributed by atoms with van der Waals surface area (Å²) < 4.78 is 0. The molecule has 0 aliphatic carbocycles. The summed E-state index contributed by atoms with van der Waals surface area (Å²) in [5.74, 6) is 0.836. The molecule has 1 aromatic heterocycles. The van der Waals surface area contributed by atoms with Gasteiger partial charge in [-0.1, -0.05) is 36.9 Å². The molecular weight excluding hydrogens is 364 g/mol. The van der Waals surface area contributed by atoms with E-state index in [-0.39, 0.29) is 17.7 Å². The number of likely N-dealkylation sites (tertiary alicyclic amines) is 1. The predicted molar refractivity (Wildman–Crippen MR) is 115 cm³/mol. The van der Waals surface area contributed by atoms with Crippen molar-refractivity contribution in [1.29, 1.82) is 0 Å². The monoisotopic (exact) mass is 388 g/mol. The minimum Gasteiger partial charge on any atom is -0.507 e. The van der Waals surface area contributed by atoms with Crippen molar-refractivity contribution < 1.29 is 9.90 Å². The molecule has 1 saturated heterocycles. The van der Waals surface area contributed by atoms with Gasteiger partial charge in [-0.25, -0.2) is 0 Å². The first-order chi connectivity index (χ1) is 14.1. The molecule has 0 unspecified atom stereocenters. The van der Waals surface area contributed by atoms with E-state index in [9.17, 15) is 9.90 Å². The molecule has 2 aromatic carbocycles. The second kappa shape index (κ2) is 7.91. The molecule has 2 heterocycles. The summed E-state index contributed by atoms with van der Waals surface area (Å²) in [7, 11) is 0. The van der Waals surface area contributed by atoms with Gasteiger partial charge in [-0.15, -0.1) is 10.2 Å². The van der Waals surface area contributed by atoms with Crippen LogP contribution < -0.4 is 5.32 Å². The Morgan fingerprint density at radius 2 is 2.03 bits per heavy atom. The topological polar surface area (TPSA) is 78.4 Å². The van der Waals surface area contributed by atoms with Crippen molar-refractivity contribution in [3.63, 3.8) is 0 Å².